The highest BCUT2D eigenvalue weighted by molar-refractivity contribution is 7.89. The molecule has 0 saturated heterocycles. The van der Waals surface area contributed by atoms with E-state index in [1.54, 1.807) is 38.2 Å². The number of nitrogens with one attached hydrogen (secondary N) is 2. The molecule has 0 spiro atoms. The van der Waals surface area contributed by atoms with Gasteiger partial charge in [0.25, 0.3) is 0 Å². The highest BCUT2D eigenvalue weighted by Crippen LogP contribution is 2.13. The minimum Gasteiger partial charge on any atom is -0.388 e. The largest absolute Gasteiger partial charge is 0.388 e. The number of rotatable bonds is 5. The molecule has 16 heavy (non-hydrogen) atoms. The van der Waals surface area contributed by atoms with Gasteiger partial charge in [-0.15, -0.1) is 0 Å². The molecule has 2 N–H and O–H groups in total. The Kier molecular flexibility index (Phi) is 4.09. The first-order valence-corrected chi connectivity index (χ1v) is 6.36. The van der Waals surface area contributed by atoms with E-state index in [9.17, 15) is 8.42 Å². The first-order chi connectivity index (χ1) is 7.45. The number of hydrogen-bond donors (Lipinski definition) is 2. The molecule has 4 nitrogen and oxygen atoms in total. The summed E-state index contributed by atoms with van der Waals surface area (Å²) in [6.45, 7) is 5.67. The van der Waals surface area contributed by atoms with Gasteiger partial charge in [-0.25, -0.2) is 13.1 Å². The topological polar surface area (TPSA) is 58.2 Å². The summed E-state index contributed by atoms with van der Waals surface area (Å²) in [6.07, 6.45) is 0. The van der Waals surface area contributed by atoms with E-state index in [4.69, 9.17) is 0 Å². The third-order valence-corrected chi connectivity index (χ3v) is 3.43. The normalized spacial score (nSPS) is 11.1. The average Bonchev–Trinajstić information content (AvgIpc) is 2.27. The minimum atomic E-state index is -3.42. The van der Waals surface area contributed by atoms with Crippen LogP contribution in [-0.4, -0.2) is 22.0 Å². The summed E-state index contributed by atoms with van der Waals surface area (Å²) >= 11 is 0. The van der Waals surface area contributed by atoms with Gasteiger partial charge >= 0.3 is 0 Å². The molecule has 88 valence electrons. The van der Waals surface area contributed by atoms with Crippen LogP contribution in [-0.2, 0) is 10.0 Å². The van der Waals surface area contributed by atoms with Crippen molar-refractivity contribution in [3.63, 3.8) is 0 Å². The van der Waals surface area contributed by atoms with Crippen molar-refractivity contribution in [2.75, 3.05) is 18.9 Å². The zero-order valence-electron chi connectivity index (χ0n) is 9.45. The zero-order valence-corrected chi connectivity index (χ0v) is 10.3. The van der Waals surface area contributed by atoms with E-state index in [2.05, 4.69) is 16.6 Å². The number of sulfonamides is 1. The molecule has 0 saturated carbocycles. The van der Waals surface area contributed by atoms with Gasteiger partial charge in [-0.3, -0.25) is 0 Å². The van der Waals surface area contributed by atoms with E-state index in [1.807, 2.05) is 0 Å². The molecule has 0 radical (unpaired) electrons. The van der Waals surface area contributed by atoms with Crippen LogP contribution in [0.4, 0.5) is 5.69 Å². The summed E-state index contributed by atoms with van der Waals surface area (Å²) in [7, 11) is -1.64. The van der Waals surface area contributed by atoms with Crippen molar-refractivity contribution in [3.8, 4) is 0 Å². The smallest absolute Gasteiger partial charge is 0.240 e. The van der Waals surface area contributed by atoms with Crippen LogP contribution in [0.3, 0.4) is 0 Å². The van der Waals surface area contributed by atoms with E-state index >= 15 is 0 Å². The van der Waals surface area contributed by atoms with Crippen LogP contribution in [0.2, 0.25) is 0 Å². The second kappa shape index (κ2) is 5.14. The molecule has 0 bridgehead atoms. The van der Waals surface area contributed by atoms with Crippen molar-refractivity contribution in [3.05, 3.63) is 36.4 Å². The van der Waals surface area contributed by atoms with Gasteiger partial charge in [0.2, 0.25) is 10.0 Å². The van der Waals surface area contributed by atoms with Gasteiger partial charge in [0, 0.05) is 19.3 Å². The molecule has 0 aromatic heterocycles. The maximum absolute atomic E-state index is 11.8. The van der Waals surface area contributed by atoms with Crippen LogP contribution in [0.25, 0.3) is 0 Å². The van der Waals surface area contributed by atoms with Crippen LogP contribution in [0, 0.1) is 0 Å². The lowest BCUT2D eigenvalue weighted by Gasteiger charge is -2.07. The first kappa shape index (κ1) is 12.7. The maximum Gasteiger partial charge on any atom is 0.240 e. The molecule has 0 unspecified atom stereocenters. The van der Waals surface area contributed by atoms with Crippen molar-refractivity contribution < 1.29 is 8.42 Å². The first-order valence-electron chi connectivity index (χ1n) is 4.87. The fourth-order valence-electron chi connectivity index (χ4n) is 1.10. The van der Waals surface area contributed by atoms with Crippen molar-refractivity contribution in [1.29, 1.82) is 0 Å². The second-order valence-corrected chi connectivity index (χ2v) is 5.32. The quantitative estimate of drug-likeness (QED) is 0.768. The number of hydrogen-bond acceptors (Lipinski definition) is 3. The highest BCUT2D eigenvalue weighted by Gasteiger charge is 2.12. The Morgan fingerprint density at radius 1 is 1.31 bits per heavy atom. The van der Waals surface area contributed by atoms with E-state index < -0.39 is 10.0 Å². The van der Waals surface area contributed by atoms with Crippen molar-refractivity contribution in [2.45, 2.75) is 11.8 Å². The lowest BCUT2D eigenvalue weighted by atomic mass is 10.3. The van der Waals surface area contributed by atoms with Crippen molar-refractivity contribution in [2.24, 2.45) is 0 Å². The van der Waals surface area contributed by atoms with Crippen LogP contribution in [0.1, 0.15) is 6.92 Å². The predicted octanol–water partition coefficient (Wildman–Crippen LogP) is 1.58. The van der Waals surface area contributed by atoms with E-state index in [0.29, 0.717) is 0 Å². The molecule has 0 aliphatic rings. The minimum absolute atomic E-state index is 0.257. The summed E-state index contributed by atoms with van der Waals surface area (Å²) in [6, 6.07) is 6.56. The molecule has 0 amide bonds. The third-order valence-electron chi connectivity index (χ3n) is 2.02. The van der Waals surface area contributed by atoms with Gasteiger partial charge in [-0.1, -0.05) is 12.2 Å². The SMILES string of the molecule is C=C(C)CNS(=O)(=O)c1ccc(NC)cc1. The Morgan fingerprint density at radius 3 is 2.31 bits per heavy atom. The van der Waals surface area contributed by atoms with Gasteiger partial charge in [0.1, 0.15) is 0 Å². The second-order valence-electron chi connectivity index (χ2n) is 3.56. The molecular formula is C11H16N2O2S. The number of benzene rings is 1. The van der Waals surface area contributed by atoms with Gasteiger partial charge < -0.3 is 5.32 Å². The van der Waals surface area contributed by atoms with E-state index in [1.165, 1.54) is 0 Å². The third kappa shape index (κ3) is 3.36. The molecule has 0 aliphatic heterocycles. The zero-order chi connectivity index (χ0) is 12.2. The van der Waals surface area contributed by atoms with Gasteiger partial charge in [0.05, 0.1) is 4.90 Å². The van der Waals surface area contributed by atoms with Gasteiger partial charge in [0.15, 0.2) is 0 Å². The molecular weight excluding hydrogens is 224 g/mol. The van der Waals surface area contributed by atoms with Crippen LogP contribution in [0.15, 0.2) is 41.3 Å². The molecule has 0 fully saturated rings. The average molecular weight is 240 g/mol. The molecule has 1 rings (SSSR count). The van der Waals surface area contributed by atoms with E-state index in [-0.39, 0.29) is 11.4 Å². The summed E-state index contributed by atoms with van der Waals surface area (Å²) in [5.41, 5.74) is 1.65. The number of anilines is 1. The molecule has 0 atom stereocenters. The summed E-state index contributed by atoms with van der Waals surface area (Å²) in [5.74, 6) is 0. The fourth-order valence-corrected chi connectivity index (χ4v) is 2.20. The lowest BCUT2D eigenvalue weighted by Crippen LogP contribution is -2.25. The Labute approximate surface area is 96.4 Å². The summed E-state index contributed by atoms with van der Waals surface area (Å²) in [4.78, 5) is 0.257. The lowest BCUT2D eigenvalue weighted by molar-refractivity contribution is 0.584. The Hall–Kier alpha value is -1.33. The monoisotopic (exact) mass is 240 g/mol. The van der Waals surface area contributed by atoms with Crippen molar-refractivity contribution in [1.82, 2.24) is 4.72 Å². The van der Waals surface area contributed by atoms with Crippen LogP contribution < -0.4 is 10.0 Å². The highest BCUT2D eigenvalue weighted by atomic mass is 32.2. The molecule has 5 heteroatoms. The maximum atomic E-state index is 11.8. The van der Waals surface area contributed by atoms with Gasteiger partial charge in [-0.05, 0) is 31.2 Å². The van der Waals surface area contributed by atoms with Crippen LogP contribution in [0.5, 0.6) is 0 Å². The standard InChI is InChI=1S/C11H16N2O2S/c1-9(2)8-13-16(14,15)11-6-4-10(12-3)5-7-11/h4-7,12-13H,1,8H2,2-3H3. The molecule has 1 aromatic carbocycles. The Morgan fingerprint density at radius 2 is 1.88 bits per heavy atom. The molecule has 0 aliphatic carbocycles. The Balaban J connectivity index is 2.85. The fraction of sp³-hybridized carbons (Fsp3) is 0.273. The van der Waals surface area contributed by atoms with Crippen molar-refractivity contribution >= 4 is 15.7 Å². The molecule has 1 aromatic rings. The molecule has 0 heterocycles. The Bertz CT molecular complexity index is 463. The van der Waals surface area contributed by atoms with E-state index in [0.717, 1.165) is 11.3 Å². The predicted molar refractivity (Wildman–Crippen MR) is 66.0 cm³/mol. The van der Waals surface area contributed by atoms with Crippen LogP contribution >= 0.6 is 0 Å². The van der Waals surface area contributed by atoms with Gasteiger partial charge in [-0.2, -0.15) is 0 Å². The summed E-state index contributed by atoms with van der Waals surface area (Å²) in [5, 5.41) is 2.93. The summed E-state index contributed by atoms with van der Waals surface area (Å²) < 4.78 is 26.0.